The van der Waals surface area contributed by atoms with E-state index >= 15 is 0 Å². The topological polar surface area (TPSA) is 186 Å². The van der Waals surface area contributed by atoms with Crippen molar-refractivity contribution in [1.29, 1.82) is 0 Å². The molecule has 5 aromatic carbocycles. The van der Waals surface area contributed by atoms with Gasteiger partial charge in [0, 0.05) is 56.4 Å². The molecule has 12 nitrogen and oxygen atoms in total. The van der Waals surface area contributed by atoms with Crippen LogP contribution < -0.4 is 22.3 Å². The summed E-state index contributed by atoms with van der Waals surface area (Å²) in [6.07, 6.45) is 11.6. The Kier molecular flexibility index (Phi) is 24.1. The number of hydrogen-bond donors (Lipinski definition) is 7. The third kappa shape index (κ3) is 16.6. The second kappa shape index (κ2) is 29.4. The van der Waals surface area contributed by atoms with Crippen LogP contribution in [0.3, 0.4) is 0 Å². The standard InChI is InChI=1S/C25H37NO4.C20H30NO3.C11H8O3.BrH/c27-20-23-18-22(13-14-24(23)28)25(29)19-26-15-7-1-2-8-16-30-17-9-6-12-21-10-4-3-5-11-21;1-14(2)21(3)16-9-10-17(21)12-18(11-16)24-20(23)19(13-22)15-7-5-4-6-8-15;12-10-8-4-2-1-3-7(8)5-6-9(10)11(13)14;/h3-5,10-11,13-14,18,25-29H,1-2,6-9,12,15-17,19-20H2;4-8,14,16-19,22H,9-13H2,1-3H3;1-6,12H,(H,13,14);1H/q;+1;;/p-1. The van der Waals surface area contributed by atoms with E-state index in [2.05, 4.69) is 56.5 Å². The van der Waals surface area contributed by atoms with Crippen molar-refractivity contribution in [3.05, 3.63) is 143 Å². The van der Waals surface area contributed by atoms with Crippen LogP contribution in [0.4, 0.5) is 0 Å². The number of aromatic carboxylic acids is 1. The van der Waals surface area contributed by atoms with E-state index in [0.717, 1.165) is 86.6 Å². The first-order valence-electron chi connectivity index (χ1n) is 24.5. The number of esters is 1. The van der Waals surface area contributed by atoms with Crippen molar-refractivity contribution in [2.24, 2.45) is 0 Å². The van der Waals surface area contributed by atoms with Gasteiger partial charge in [-0.3, -0.25) is 4.79 Å². The van der Waals surface area contributed by atoms with Crippen molar-refractivity contribution in [2.45, 2.75) is 127 Å². The van der Waals surface area contributed by atoms with E-state index in [9.17, 15) is 35.1 Å². The molecule has 2 aliphatic heterocycles. The summed E-state index contributed by atoms with van der Waals surface area (Å²) in [6, 6.07) is 36.8. The first-order valence-corrected chi connectivity index (χ1v) is 24.5. The molecule has 4 unspecified atom stereocenters. The van der Waals surface area contributed by atoms with Crippen LogP contribution in [-0.4, -0.2) is 111 Å². The second-order valence-electron chi connectivity index (χ2n) is 18.6. The zero-order valence-electron chi connectivity index (χ0n) is 40.6. The zero-order valence-corrected chi connectivity index (χ0v) is 42.2. The molecule has 0 saturated carbocycles. The fourth-order valence-corrected chi connectivity index (χ4v) is 9.63. The van der Waals surface area contributed by atoms with E-state index in [4.69, 9.17) is 14.6 Å². The summed E-state index contributed by atoms with van der Waals surface area (Å²) >= 11 is 0. The van der Waals surface area contributed by atoms with Gasteiger partial charge in [-0.25, -0.2) is 4.79 Å². The van der Waals surface area contributed by atoms with Gasteiger partial charge in [-0.2, -0.15) is 0 Å². The summed E-state index contributed by atoms with van der Waals surface area (Å²) in [5.41, 5.74) is 3.29. The fraction of sp³-hybridized carbons (Fsp3) is 0.464. The molecule has 0 radical (unpaired) electrons. The van der Waals surface area contributed by atoms with Gasteiger partial charge in [-0.05, 0) is 92.8 Å². The van der Waals surface area contributed by atoms with Crippen LogP contribution in [0, 0.1) is 0 Å². The number of nitrogens with one attached hydrogen (secondary N) is 1. The number of rotatable bonds is 22. The van der Waals surface area contributed by atoms with Gasteiger partial charge in [0.25, 0.3) is 0 Å². The number of aliphatic hydroxyl groups excluding tert-OH is 3. The van der Waals surface area contributed by atoms with E-state index in [1.54, 1.807) is 30.3 Å². The highest BCUT2D eigenvalue weighted by atomic mass is 79.9. The number of aryl methyl sites for hydroxylation is 1. The number of piperidine rings is 1. The number of carboxylic acid groups (broad SMARTS) is 1. The molecular formula is C56H75BrN2O10. The molecule has 2 bridgehead atoms. The van der Waals surface area contributed by atoms with Gasteiger partial charge in [0.05, 0.1) is 44.5 Å². The maximum absolute atomic E-state index is 12.6. The summed E-state index contributed by atoms with van der Waals surface area (Å²) in [5, 5.41) is 61.7. The largest absolute Gasteiger partial charge is 1.00 e. The third-order valence-electron chi connectivity index (χ3n) is 13.9. The van der Waals surface area contributed by atoms with E-state index < -0.39 is 18.0 Å². The molecule has 0 spiro atoms. The van der Waals surface area contributed by atoms with Crippen molar-refractivity contribution < 1.29 is 71.2 Å². The number of fused-ring (bicyclic) bond motifs is 3. The van der Waals surface area contributed by atoms with Crippen LogP contribution in [0.2, 0.25) is 0 Å². The van der Waals surface area contributed by atoms with Gasteiger partial charge < -0.3 is 66.9 Å². The Morgan fingerprint density at radius 2 is 1.38 bits per heavy atom. The SMILES string of the molecule is CC(C)[N+]1(C)C2CCC1CC(OC(=O)C(CO)c1ccccc1)C2.O=C(O)c1ccc2ccccc2c1O.OCc1cc(C(O)CNCCCCCCOCCCCc2ccccc2)ccc1O.[Br-]. The summed E-state index contributed by atoms with van der Waals surface area (Å²) in [7, 11) is 2.37. The number of carbonyl (C=O) groups is 2. The molecule has 4 atom stereocenters. The number of carbonyl (C=O) groups excluding carboxylic acids is 1. The Morgan fingerprint density at radius 1 is 0.754 bits per heavy atom. The number of carboxylic acids is 1. The maximum atomic E-state index is 12.6. The predicted octanol–water partition coefficient (Wildman–Crippen LogP) is 6.21. The first-order chi connectivity index (χ1) is 32.9. The first kappa shape index (κ1) is 56.7. The van der Waals surface area contributed by atoms with E-state index in [1.807, 2.05) is 42.5 Å². The van der Waals surface area contributed by atoms with Crippen LogP contribution in [0.25, 0.3) is 10.8 Å². The van der Waals surface area contributed by atoms with Gasteiger partial charge in [-0.1, -0.05) is 110 Å². The normalized spacial score (nSPS) is 19.0. The average Bonchev–Trinajstić information content (AvgIpc) is 3.49. The minimum absolute atomic E-state index is 0. The van der Waals surface area contributed by atoms with Gasteiger partial charge in [0.1, 0.15) is 29.1 Å². The van der Waals surface area contributed by atoms with Crippen molar-refractivity contribution in [2.75, 3.05) is 40.0 Å². The van der Waals surface area contributed by atoms with Gasteiger partial charge >= 0.3 is 11.9 Å². The molecule has 2 fully saturated rings. The Labute approximate surface area is 419 Å². The predicted molar refractivity (Wildman–Crippen MR) is 267 cm³/mol. The molecule has 0 aromatic heterocycles. The number of halogens is 1. The van der Waals surface area contributed by atoms with Crippen molar-refractivity contribution in [3.63, 3.8) is 0 Å². The monoisotopic (exact) mass is 1010 g/mol. The van der Waals surface area contributed by atoms with E-state index in [0.29, 0.717) is 41.2 Å². The van der Waals surface area contributed by atoms with Gasteiger partial charge in [-0.15, -0.1) is 0 Å². The summed E-state index contributed by atoms with van der Waals surface area (Å²) in [6.45, 7) is 7.17. The quantitative estimate of drug-likeness (QED) is 0.0238. The Bertz CT molecular complexity index is 2270. The summed E-state index contributed by atoms with van der Waals surface area (Å²) in [4.78, 5) is 23.3. The van der Waals surface area contributed by atoms with Gasteiger partial charge in [0.2, 0.25) is 0 Å². The molecule has 0 aliphatic carbocycles. The zero-order chi connectivity index (χ0) is 48.9. The molecule has 2 saturated heterocycles. The molecular weight excluding hydrogens is 941 g/mol. The minimum atomic E-state index is -1.12. The lowest BCUT2D eigenvalue weighted by molar-refractivity contribution is -0.968. The molecule has 5 aromatic rings. The molecule has 13 heteroatoms. The third-order valence-corrected chi connectivity index (χ3v) is 13.9. The highest BCUT2D eigenvalue weighted by Gasteiger charge is 2.54. The van der Waals surface area contributed by atoms with Crippen LogP contribution >= 0.6 is 0 Å². The number of unbranched alkanes of at least 4 members (excludes halogenated alkanes) is 4. The minimum Gasteiger partial charge on any atom is -1.00 e. The van der Waals surface area contributed by atoms with Crippen LogP contribution in [0.5, 0.6) is 11.5 Å². The van der Waals surface area contributed by atoms with Crippen LogP contribution in [-0.2, 0) is 27.3 Å². The number of aliphatic hydroxyl groups is 3. The van der Waals surface area contributed by atoms with E-state index in [-0.39, 0.29) is 59.3 Å². The Morgan fingerprint density at radius 3 is 2.01 bits per heavy atom. The lowest BCUT2D eigenvalue weighted by Gasteiger charge is -2.49. The average molecular weight is 1020 g/mol. The smallest absolute Gasteiger partial charge is 0.339 e. The summed E-state index contributed by atoms with van der Waals surface area (Å²) in [5.74, 6) is -2.09. The number of quaternary nitrogens is 1. The van der Waals surface area contributed by atoms with Crippen LogP contribution in [0.15, 0.2) is 115 Å². The molecule has 7 N–H and O–H groups in total. The molecule has 2 heterocycles. The van der Waals surface area contributed by atoms with Crippen molar-refractivity contribution in [3.8, 4) is 11.5 Å². The number of nitrogens with zero attached hydrogens (tertiary/aromatic N) is 1. The number of phenols is 2. The number of ether oxygens (including phenoxy) is 2. The highest BCUT2D eigenvalue weighted by molar-refractivity contribution is 6.00. The number of hydrogen-bond acceptors (Lipinski definition) is 10. The van der Waals surface area contributed by atoms with Crippen LogP contribution in [0.1, 0.15) is 123 Å². The van der Waals surface area contributed by atoms with E-state index in [1.165, 1.54) is 37.0 Å². The lowest BCUT2D eigenvalue weighted by Crippen LogP contribution is -3.00. The molecule has 376 valence electrons. The van der Waals surface area contributed by atoms with Crippen molar-refractivity contribution in [1.82, 2.24) is 5.32 Å². The maximum Gasteiger partial charge on any atom is 0.339 e. The lowest BCUT2D eigenvalue weighted by atomic mass is 9.94. The molecule has 7 rings (SSSR count). The fourth-order valence-electron chi connectivity index (χ4n) is 9.63. The summed E-state index contributed by atoms with van der Waals surface area (Å²) < 4.78 is 12.7. The molecule has 2 aliphatic rings. The van der Waals surface area contributed by atoms with Crippen molar-refractivity contribution >= 4 is 22.7 Å². The molecule has 0 amide bonds. The highest BCUT2D eigenvalue weighted by Crippen LogP contribution is 2.44. The Balaban J connectivity index is 0.000000237. The number of aromatic hydroxyl groups is 2. The molecule has 69 heavy (non-hydrogen) atoms. The second-order valence-corrected chi connectivity index (χ2v) is 18.6. The van der Waals surface area contributed by atoms with Gasteiger partial charge in [0.15, 0.2) is 0 Å². The Hall–Kier alpha value is -4.86. The number of benzene rings is 5.